The van der Waals surface area contributed by atoms with Crippen molar-refractivity contribution in [1.82, 2.24) is 0 Å². The number of aldehydes is 1. The van der Waals surface area contributed by atoms with Crippen molar-refractivity contribution in [2.75, 3.05) is 0 Å². The molecule has 1 rings (SSSR count). The molecule has 0 atom stereocenters. The molecule has 0 aliphatic heterocycles. The Kier molecular flexibility index (Phi) is 6.61. The van der Waals surface area contributed by atoms with Gasteiger partial charge in [0.25, 0.3) is 0 Å². The predicted molar refractivity (Wildman–Crippen MR) is 92.2 cm³/mol. The topological polar surface area (TPSA) is 17.1 Å². The summed E-state index contributed by atoms with van der Waals surface area (Å²) in [6, 6.07) is 0. The third-order valence-corrected chi connectivity index (χ3v) is 4.10. The highest BCUT2D eigenvalue weighted by Crippen LogP contribution is 2.40. The Morgan fingerprint density at radius 1 is 1.10 bits per heavy atom. The number of rotatable bonds is 5. The van der Waals surface area contributed by atoms with Crippen LogP contribution in [0.15, 0.2) is 58.7 Å². The summed E-state index contributed by atoms with van der Waals surface area (Å²) in [5.74, 6) is 0. The van der Waals surface area contributed by atoms with E-state index in [-0.39, 0.29) is 5.41 Å². The van der Waals surface area contributed by atoms with Gasteiger partial charge in [-0.05, 0) is 62.7 Å². The van der Waals surface area contributed by atoms with E-state index in [2.05, 4.69) is 45.9 Å². The van der Waals surface area contributed by atoms with Crippen LogP contribution in [0.2, 0.25) is 0 Å². The summed E-state index contributed by atoms with van der Waals surface area (Å²) < 4.78 is 0. The summed E-state index contributed by atoms with van der Waals surface area (Å²) in [7, 11) is 0. The second kappa shape index (κ2) is 7.97. The highest BCUT2D eigenvalue weighted by Gasteiger charge is 2.26. The first-order chi connectivity index (χ1) is 9.86. The first-order valence-electron chi connectivity index (χ1n) is 7.72. The average molecular weight is 284 g/mol. The van der Waals surface area contributed by atoms with Gasteiger partial charge < -0.3 is 0 Å². The molecule has 0 aromatic heterocycles. The minimum atomic E-state index is 0.290. The van der Waals surface area contributed by atoms with E-state index in [0.29, 0.717) is 0 Å². The average Bonchev–Trinajstić information content (AvgIpc) is 2.37. The molecule has 1 heteroatoms. The van der Waals surface area contributed by atoms with Crippen LogP contribution in [0.4, 0.5) is 0 Å². The van der Waals surface area contributed by atoms with Crippen molar-refractivity contribution in [3.05, 3.63) is 58.7 Å². The van der Waals surface area contributed by atoms with Gasteiger partial charge in [-0.1, -0.05) is 55.4 Å². The van der Waals surface area contributed by atoms with Gasteiger partial charge >= 0.3 is 0 Å². The van der Waals surface area contributed by atoms with Gasteiger partial charge in [-0.25, -0.2) is 0 Å². The van der Waals surface area contributed by atoms with Crippen LogP contribution in [0.3, 0.4) is 0 Å². The molecule has 0 aromatic rings. The van der Waals surface area contributed by atoms with Crippen molar-refractivity contribution in [1.29, 1.82) is 0 Å². The van der Waals surface area contributed by atoms with Crippen LogP contribution in [-0.4, -0.2) is 6.29 Å². The van der Waals surface area contributed by atoms with Crippen molar-refractivity contribution in [3.8, 4) is 0 Å². The molecule has 0 saturated carbocycles. The summed E-state index contributed by atoms with van der Waals surface area (Å²) in [6.07, 6.45) is 16.6. The minimum absolute atomic E-state index is 0.290. The van der Waals surface area contributed by atoms with Crippen LogP contribution in [0.1, 0.15) is 53.9 Å². The Hall–Kier alpha value is -1.63. The second-order valence-corrected chi connectivity index (χ2v) is 6.58. The molecule has 0 amide bonds. The number of carbonyl (C=O) groups excluding carboxylic acids is 1. The second-order valence-electron chi connectivity index (χ2n) is 6.58. The van der Waals surface area contributed by atoms with Gasteiger partial charge in [-0.3, -0.25) is 4.79 Å². The Morgan fingerprint density at radius 2 is 1.76 bits per heavy atom. The van der Waals surface area contributed by atoms with E-state index in [4.69, 9.17) is 0 Å². The van der Waals surface area contributed by atoms with Crippen LogP contribution in [0.5, 0.6) is 0 Å². The normalized spacial score (nSPS) is 20.6. The van der Waals surface area contributed by atoms with E-state index < -0.39 is 0 Å². The maximum absolute atomic E-state index is 10.3. The van der Waals surface area contributed by atoms with Gasteiger partial charge in [-0.2, -0.15) is 0 Å². The largest absolute Gasteiger partial charge is 0.299 e. The zero-order valence-corrected chi connectivity index (χ0v) is 14.1. The monoisotopic (exact) mass is 284 g/mol. The Balaban J connectivity index is 2.80. The zero-order valence-electron chi connectivity index (χ0n) is 14.1. The van der Waals surface area contributed by atoms with Crippen molar-refractivity contribution in [2.24, 2.45) is 5.41 Å². The van der Waals surface area contributed by atoms with Crippen LogP contribution in [0.25, 0.3) is 0 Å². The molecule has 114 valence electrons. The summed E-state index contributed by atoms with van der Waals surface area (Å²) in [5.41, 5.74) is 5.48. The van der Waals surface area contributed by atoms with Gasteiger partial charge in [0.1, 0.15) is 6.29 Å². The lowest BCUT2D eigenvalue weighted by Crippen LogP contribution is -2.19. The molecule has 0 fully saturated rings. The molecule has 1 nitrogen and oxygen atoms in total. The van der Waals surface area contributed by atoms with Crippen LogP contribution in [-0.2, 0) is 4.79 Å². The quantitative estimate of drug-likeness (QED) is 0.358. The number of carbonyl (C=O) groups is 1. The molecular weight excluding hydrogens is 256 g/mol. The molecule has 1 aliphatic rings. The van der Waals surface area contributed by atoms with Gasteiger partial charge in [-0.15, -0.1) is 0 Å². The van der Waals surface area contributed by atoms with Crippen LogP contribution in [0, 0.1) is 5.41 Å². The molecule has 0 spiro atoms. The molecule has 0 saturated heterocycles. The first kappa shape index (κ1) is 17.4. The lowest BCUT2D eigenvalue weighted by Gasteiger charge is -2.32. The van der Waals surface area contributed by atoms with Crippen molar-refractivity contribution >= 4 is 6.29 Å². The molecular formula is C20H28O. The molecule has 0 unspecified atom stereocenters. The van der Waals surface area contributed by atoms with E-state index in [9.17, 15) is 4.79 Å². The predicted octanol–water partition coefficient (Wildman–Crippen LogP) is 5.72. The Morgan fingerprint density at radius 3 is 2.38 bits per heavy atom. The number of hydrogen-bond acceptors (Lipinski definition) is 1. The lowest BCUT2D eigenvalue weighted by atomic mass is 9.72. The van der Waals surface area contributed by atoms with E-state index in [1.807, 2.05) is 19.1 Å². The van der Waals surface area contributed by atoms with Gasteiger partial charge in [0.2, 0.25) is 0 Å². The maximum atomic E-state index is 10.3. The van der Waals surface area contributed by atoms with Gasteiger partial charge in [0, 0.05) is 0 Å². The molecule has 0 heterocycles. The molecule has 0 N–H and O–H groups in total. The zero-order chi connectivity index (χ0) is 15.9. The first-order valence-corrected chi connectivity index (χ1v) is 7.72. The lowest BCUT2D eigenvalue weighted by molar-refractivity contribution is -0.104. The highest BCUT2D eigenvalue weighted by molar-refractivity contribution is 5.66. The number of allylic oxidation sites excluding steroid dienone is 10. The fourth-order valence-corrected chi connectivity index (χ4v) is 2.80. The highest BCUT2D eigenvalue weighted by atomic mass is 16.1. The molecule has 21 heavy (non-hydrogen) atoms. The minimum Gasteiger partial charge on any atom is -0.299 e. The van der Waals surface area contributed by atoms with E-state index >= 15 is 0 Å². The fourth-order valence-electron chi connectivity index (χ4n) is 2.80. The van der Waals surface area contributed by atoms with Crippen molar-refractivity contribution in [2.45, 2.75) is 53.9 Å². The van der Waals surface area contributed by atoms with Gasteiger partial charge in [0.05, 0.1) is 0 Å². The molecule has 0 bridgehead atoms. The Labute approximate surface area is 129 Å². The summed E-state index contributed by atoms with van der Waals surface area (Å²) in [6.45, 7) is 10.9. The van der Waals surface area contributed by atoms with E-state index in [1.54, 1.807) is 6.08 Å². The van der Waals surface area contributed by atoms with Gasteiger partial charge in [0.15, 0.2) is 0 Å². The maximum Gasteiger partial charge on any atom is 0.143 e. The van der Waals surface area contributed by atoms with Crippen LogP contribution >= 0.6 is 0 Å². The molecule has 1 aliphatic carbocycles. The van der Waals surface area contributed by atoms with Crippen LogP contribution < -0.4 is 0 Å². The smallest absolute Gasteiger partial charge is 0.143 e. The summed E-state index contributed by atoms with van der Waals surface area (Å²) in [5, 5.41) is 0. The summed E-state index contributed by atoms with van der Waals surface area (Å²) >= 11 is 0. The Bertz CT molecular complexity index is 522. The molecule has 0 aromatic carbocycles. The van der Waals surface area contributed by atoms with E-state index in [0.717, 1.165) is 11.9 Å². The third-order valence-electron chi connectivity index (χ3n) is 4.10. The van der Waals surface area contributed by atoms with E-state index in [1.165, 1.54) is 36.0 Å². The third kappa shape index (κ3) is 5.71. The summed E-state index contributed by atoms with van der Waals surface area (Å²) in [4.78, 5) is 10.3. The van der Waals surface area contributed by atoms with Crippen molar-refractivity contribution in [3.63, 3.8) is 0 Å². The molecule has 0 radical (unpaired) electrons. The fraction of sp³-hybridized carbons (Fsp3) is 0.450. The number of hydrogen-bond donors (Lipinski definition) is 0. The SMILES string of the molecule is CC1=C(\C=C/C(C)=C/C=C/C(C)=C/C=O)C(C)(C)CCC1. The standard InChI is InChI=1S/C20H28O/c1-16(8-6-9-17(2)13-15-21)11-12-19-18(3)10-7-14-20(19,4)5/h6,8-9,11-13,15H,7,10,14H2,1-5H3/b9-6+,12-11-,16-8+,17-13+. The van der Waals surface area contributed by atoms with Crippen molar-refractivity contribution < 1.29 is 4.79 Å².